The molecule has 0 saturated heterocycles. The van der Waals surface area contributed by atoms with E-state index in [-0.39, 0.29) is 5.82 Å². The zero-order chi connectivity index (χ0) is 12.3. The summed E-state index contributed by atoms with van der Waals surface area (Å²) in [6.45, 7) is 0. The Labute approximate surface area is 98.2 Å². The zero-order valence-electron chi connectivity index (χ0n) is 8.88. The zero-order valence-corrected chi connectivity index (χ0v) is 8.88. The van der Waals surface area contributed by atoms with Crippen LogP contribution in [0, 0.1) is 5.82 Å². The second-order valence-corrected chi connectivity index (χ2v) is 3.50. The standard InChI is InChI=1S/C12H10BFO3/c14-10-4-6-11(7-5-10)17-12-3-1-2-9(8-12)13(15)16/h1-8,15-16H. The van der Waals surface area contributed by atoms with Crippen molar-refractivity contribution in [3.8, 4) is 11.5 Å². The normalized spacial score (nSPS) is 10.1. The summed E-state index contributed by atoms with van der Waals surface area (Å²) in [6, 6.07) is 12.0. The van der Waals surface area contributed by atoms with Gasteiger partial charge in [0.05, 0.1) is 0 Å². The van der Waals surface area contributed by atoms with Crippen LogP contribution in [0.3, 0.4) is 0 Å². The summed E-state index contributed by atoms with van der Waals surface area (Å²) in [5.41, 5.74) is 0.338. The molecule has 2 rings (SSSR count). The van der Waals surface area contributed by atoms with Crippen molar-refractivity contribution in [2.75, 3.05) is 0 Å². The second-order valence-electron chi connectivity index (χ2n) is 3.50. The SMILES string of the molecule is OB(O)c1cccc(Oc2ccc(F)cc2)c1. The van der Waals surface area contributed by atoms with Crippen LogP contribution in [-0.2, 0) is 0 Å². The van der Waals surface area contributed by atoms with Crippen molar-refractivity contribution in [3.63, 3.8) is 0 Å². The number of halogens is 1. The lowest BCUT2D eigenvalue weighted by molar-refractivity contribution is 0.425. The molecule has 0 aromatic heterocycles. The van der Waals surface area contributed by atoms with E-state index in [2.05, 4.69) is 0 Å². The lowest BCUT2D eigenvalue weighted by Gasteiger charge is -2.07. The van der Waals surface area contributed by atoms with Crippen molar-refractivity contribution in [1.82, 2.24) is 0 Å². The van der Waals surface area contributed by atoms with E-state index in [1.807, 2.05) is 0 Å². The Bertz CT molecular complexity index is 499. The van der Waals surface area contributed by atoms with Crippen LogP contribution in [0.15, 0.2) is 48.5 Å². The fraction of sp³-hybridized carbons (Fsp3) is 0. The van der Waals surface area contributed by atoms with Gasteiger partial charge in [0, 0.05) is 0 Å². The predicted molar refractivity (Wildman–Crippen MR) is 62.7 cm³/mol. The summed E-state index contributed by atoms with van der Waals surface area (Å²) in [7, 11) is -1.54. The highest BCUT2D eigenvalue weighted by atomic mass is 19.1. The van der Waals surface area contributed by atoms with Crippen molar-refractivity contribution in [2.24, 2.45) is 0 Å². The Morgan fingerprint density at radius 1 is 0.941 bits per heavy atom. The molecule has 0 spiro atoms. The summed E-state index contributed by atoms with van der Waals surface area (Å²) in [5.74, 6) is 0.607. The van der Waals surface area contributed by atoms with Gasteiger partial charge in [0.2, 0.25) is 0 Å². The number of benzene rings is 2. The molecule has 0 aliphatic rings. The summed E-state index contributed by atoms with van der Waals surface area (Å²) in [6.07, 6.45) is 0. The van der Waals surface area contributed by atoms with Gasteiger partial charge in [0.15, 0.2) is 0 Å². The van der Waals surface area contributed by atoms with Gasteiger partial charge in [-0.05, 0) is 41.9 Å². The van der Waals surface area contributed by atoms with Gasteiger partial charge in [-0.2, -0.15) is 0 Å². The minimum Gasteiger partial charge on any atom is -0.457 e. The number of ether oxygens (including phenoxy) is 1. The smallest absolute Gasteiger partial charge is 0.457 e. The van der Waals surface area contributed by atoms with Gasteiger partial charge in [-0.15, -0.1) is 0 Å². The minimum absolute atomic E-state index is 0.336. The average Bonchev–Trinajstić information content (AvgIpc) is 2.32. The Kier molecular flexibility index (Phi) is 3.42. The molecule has 2 N–H and O–H groups in total. The van der Waals surface area contributed by atoms with Crippen molar-refractivity contribution < 1.29 is 19.2 Å². The van der Waals surface area contributed by atoms with Crippen LogP contribution in [0.1, 0.15) is 0 Å². The highest BCUT2D eigenvalue weighted by Crippen LogP contribution is 2.20. The molecule has 0 aliphatic carbocycles. The Morgan fingerprint density at radius 3 is 2.29 bits per heavy atom. The molecule has 17 heavy (non-hydrogen) atoms. The van der Waals surface area contributed by atoms with E-state index in [4.69, 9.17) is 14.8 Å². The first-order chi connectivity index (χ1) is 8.15. The van der Waals surface area contributed by atoms with Crippen molar-refractivity contribution >= 4 is 12.6 Å². The maximum absolute atomic E-state index is 12.7. The molecular formula is C12H10BFO3. The van der Waals surface area contributed by atoms with Crippen molar-refractivity contribution in [1.29, 1.82) is 0 Å². The molecule has 0 aliphatic heterocycles. The molecule has 0 amide bonds. The molecule has 0 atom stereocenters. The summed E-state index contributed by atoms with van der Waals surface area (Å²) in [5, 5.41) is 18.0. The fourth-order valence-electron chi connectivity index (χ4n) is 1.38. The number of rotatable bonds is 3. The molecule has 86 valence electrons. The largest absolute Gasteiger partial charge is 0.488 e. The van der Waals surface area contributed by atoms with Crippen LogP contribution in [0.25, 0.3) is 0 Å². The quantitative estimate of drug-likeness (QED) is 0.784. The topological polar surface area (TPSA) is 49.7 Å². The van der Waals surface area contributed by atoms with Gasteiger partial charge in [-0.25, -0.2) is 4.39 Å². The lowest BCUT2D eigenvalue weighted by atomic mass is 9.80. The van der Waals surface area contributed by atoms with Gasteiger partial charge in [-0.1, -0.05) is 12.1 Å². The summed E-state index contributed by atoms with van der Waals surface area (Å²) >= 11 is 0. The first-order valence-electron chi connectivity index (χ1n) is 5.05. The number of hydrogen-bond donors (Lipinski definition) is 2. The van der Waals surface area contributed by atoms with Crippen molar-refractivity contribution in [2.45, 2.75) is 0 Å². The Balaban J connectivity index is 2.18. The monoisotopic (exact) mass is 232 g/mol. The van der Waals surface area contributed by atoms with Crippen LogP contribution in [0.2, 0.25) is 0 Å². The maximum Gasteiger partial charge on any atom is 0.488 e. The second kappa shape index (κ2) is 4.99. The van der Waals surface area contributed by atoms with E-state index in [1.54, 1.807) is 18.2 Å². The molecule has 0 radical (unpaired) electrons. The fourth-order valence-corrected chi connectivity index (χ4v) is 1.38. The molecule has 0 unspecified atom stereocenters. The molecule has 5 heteroatoms. The third kappa shape index (κ3) is 3.06. The van der Waals surface area contributed by atoms with E-state index in [1.165, 1.54) is 30.3 Å². The van der Waals surface area contributed by atoms with Gasteiger partial charge in [0.25, 0.3) is 0 Å². The van der Waals surface area contributed by atoms with Crippen LogP contribution < -0.4 is 10.2 Å². The highest BCUT2D eigenvalue weighted by Gasteiger charge is 2.11. The van der Waals surface area contributed by atoms with Crippen molar-refractivity contribution in [3.05, 3.63) is 54.3 Å². The minimum atomic E-state index is -1.54. The van der Waals surface area contributed by atoms with Gasteiger partial charge in [-0.3, -0.25) is 0 Å². The Hall–Kier alpha value is -1.85. The predicted octanol–water partition coefficient (Wildman–Crippen LogP) is 1.30. The van der Waals surface area contributed by atoms with E-state index in [0.717, 1.165) is 0 Å². The van der Waals surface area contributed by atoms with E-state index in [9.17, 15) is 4.39 Å². The van der Waals surface area contributed by atoms with E-state index >= 15 is 0 Å². The Morgan fingerprint density at radius 2 is 1.65 bits per heavy atom. The van der Waals surface area contributed by atoms with E-state index < -0.39 is 7.12 Å². The summed E-state index contributed by atoms with van der Waals surface area (Å²) in [4.78, 5) is 0. The van der Waals surface area contributed by atoms with Gasteiger partial charge in [0.1, 0.15) is 17.3 Å². The molecule has 0 fully saturated rings. The van der Waals surface area contributed by atoms with Crippen LogP contribution in [0.5, 0.6) is 11.5 Å². The lowest BCUT2D eigenvalue weighted by Crippen LogP contribution is -2.29. The summed E-state index contributed by atoms with van der Waals surface area (Å²) < 4.78 is 18.1. The van der Waals surface area contributed by atoms with Crippen LogP contribution >= 0.6 is 0 Å². The molecule has 2 aromatic carbocycles. The van der Waals surface area contributed by atoms with Crippen LogP contribution in [0.4, 0.5) is 4.39 Å². The molecule has 0 saturated carbocycles. The molecule has 0 heterocycles. The van der Waals surface area contributed by atoms with Gasteiger partial charge >= 0.3 is 7.12 Å². The third-order valence-electron chi connectivity index (χ3n) is 2.21. The molecular weight excluding hydrogens is 222 g/mol. The van der Waals surface area contributed by atoms with Crippen LogP contribution in [-0.4, -0.2) is 17.2 Å². The maximum atomic E-state index is 12.7. The number of hydrogen-bond acceptors (Lipinski definition) is 3. The first kappa shape index (κ1) is 11.6. The molecule has 0 bridgehead atoms. The highest BCUT2D eigenvalue weighted by molar-refractivity contribution is 6.58. The van der Waals surface area contributed by atoms with E-state index in [0.29, 0.717) is 17.0 Å². The molecule has 2 aromatic rings. The average molecular weight is 232 g/mol. The molecule has 3 nitrogen and oxygen atoms in total. The third-order valence-corrected chi connectivity index (χ3v) is 2.21. The first-order valence-corrected chi connectivity index (χ1v) is 5.05. The van der Waals surface area contributed by atoms with Gasteiger partial charge < -0.3 is 14.8 Å².